The Kier molecular flexibility index (Phi) is 3.98. The predicted octanol–water partition coefficient (Wildman–Crippen LogP) is 2.87. The van der Waals surface area contributed by atoms with Crippen molar-refractivity contribution in [2.45, 2.75) is 61.6 Å². The number of Topliss-reactive ketones (excluding diaryl/α,β-unsaturated/α-hetero) is 1. The standard InChI is InChI=1S/C27H28N2O5/c30-19-9-8-18-14-21-27(28-25(32)17-4-2-1-3-5-17)11-10-20(31)24-26(27,22(18)23(19)34-24)12-13-29(21,33)15-16-6-7-16/h1-5,8-9,16,21,24,33H,6-7,10-15H2,(H-,28,30,32)/p+1/t21-,24+,26+,27-,29?/m1/s1. The van der Waals surface area contributed by atoms with Gasteiger partial charge in [0.05, 0.1) is 5.41 Å². The maximum atomic E-state index is 13.6. The number of piperidine rings is 1. The van der Waals surface area contributed by atoms with Gasteiger partial charge >= 0.3 is 0 Å². The lowest BCUT2D eigenvalue weighted by Gasteiger charge is -2.64. The summed E-state index contributed by atoms with van der Waals surface area (Å²) in [5.74, 6) is 0.723. The summed E-state index contributed by atoms with van der Waals surface area (Å²) in [7, 11) is 0. The smallest absolute Gasteiger partial charge is 0.251 e. The monoisotopic (exact) mass is 461 g/mol. The number of benzene rings is 2. The van der Waals surface area contributed by atoms with Crippen LogP contribution in [0.1, 0.15) is 53.6 Å². The number of carbonyl (C=O) groups is 2. The second-order valence-corrected chi connectivity index (χ2v) is 11.0. The third-order valence-corrected chi connectivity index (χ3v) is 9.31. The summed E-state index contributed by atoms with van der Waals surface area (Å²) in [5, 5.41) is 26.2. The Balaban J connectivity index is 1.45. The van der Waals surface area contributed by atoms with Crippen LogP contribution in [-0.4, -0.2) is 57.4 Å². The van der Waals surface area contributed by atoms with Gasteiger partial charge in [-0.15, -0.1) is 0 Å². The Bertz CT molecular complexity index is 1230. The van der Waals surface area contributed by atoms with Crippen LogP contribution in [0.25, 0.3) is 0 Å². The molecule has 5 atom stereocenters. The van der Waals surface area contributed by atoms with E-state index in [0.717, 1.165) is 24.0 Å². The first-order valence-corrected chi connectivity index (χ1v) is 12.4. The number of ether oxygens (including phenoxy) is 1. The van der Waals surface area contributed by atoms with Crippen LogP contribution >= 0.6 is 0 Å². The molecule has 1 unspecified atom stereocenters. The van der Waals surface area contributed by atoms with Crippen LogP contribution in [-0.2, 0) is 16.6 Å². The quantitative estimate of drug-likeness (QED) is 0.609. The molecule has 1 amide bonds. The Morgan fingerprint density at radius 3 is 2.71 bits per heavy atom. The number of hydrogen-bond donors (Lipinski definition) is 3. The Morgan fingerprint density at radius 2 is 1.94 bits per heavy atom. The van der Waals surface area contributed by atoms with E-state index >= 15 is 0 Å². The molecule has 3 aliphatic carbocycles. The van der Waals surface area contributed by atoms with Crippen molar-refractivity contribution in [2.75, 3.05) is 13.1 Å². The van der Waals surface area contributed by atoms with Crippen LogP contribution in [0.5, 0.6) is 11.5 Å². The average Bonchev–Trinajstić information content (AvgIpc) is 3.56. The van der Waals surface area contributed by atoms with Crippen LogP contribution in [0.4, 0.5) is 0 Å². The van der Waals surface area contributed by atoms with Crippen molar-refractivity contribution in [2.24, 2.45) is 5.92 Å². The number of quaternary nitrogens is 1. The number of likely N-dealkylation sites (tertiary alicyclic amines) is 1. The number of ketones is 1. The number of amides is 1. The van der Waals surface area contributed by atoms with E-state index in [2.05, 4.69) is 5.32 Å². The predicted molar refractivity (Wildman–Crippen MR) is 122 cm³/mol. The number of hydroxylamine groups is 3. The molecule has 2 aromatic rings. The van der Waals surface area contributed by atoms with Crippen LogP contribution < -0.4 is 10.1 Å². The lowest BCUT2D eigenvalue weighted by atomic mass is 9.47. The SMILES string of the molecule is O=C(N[C@@]12CCC(=O)[C@@H]3Oc4c(O)ccc5c4[C@@]31CC[N+](O)(CC1CC1)[C@@H]2C5)c1ccccc1. The van der Waals surface area contributed by atoms with E-state index in [1.807, 2.05) is 24.3 Å². The first-order chi connectivity index (χ1) is 16.4. The molecule has 0 radical (unpaired) electrons. The lowest BCUT2D eigenvalue weighted by Crippen LogP contribution is -2.85. The topological polar surface area (TPSA) is 95.9 Å². The minimum absolute atomic E-state index is 0.00641. The summed E-state index contributed by atoms with van der Waals surface area (Å²) in [6.45, 7) is 1.18. The highest BCUT2D eigenvalue weighted by Gasteiger charge is 2.78. The number of nitrogens with one attached hydrogen (secondary N) is 1. The number of nitrogens with zero attached hydrogens (tertiary/aromatic N) is 1. The first kappa shape index (κ1) is 20.5. The molecule has 2 heterocycles. The molecule has 0 aromatic heterocycles. The second-order valence-electron chi connectivity index (χ2n) is 11.0. The average molecular weight is 462 g/mol. The summed E-state index contributed by atoms with van der Waals surface area (Å²) < 4.78 is 6.17. The maximum absolute atomic E-state index is 13.6. The highest BCUT2D eigenvalue weighted by molar-refractivity contribution is 5.96. The molecule has 7 nitrogen and oxygen atoms in total. The fraction of sp³-hybridized carbons (Fsp3) is 0.481. The summed E-state index contributed by atoms with van der Waals surface area (Å²) >= 11 is 0. The summed E-state index contributed by atoms with van der Waals surface area (Å²) in [6.07, 6.45) is 3.28. The van der Waals surface area contributed by atoms with Gasteiger partial charge in [0.15, 0.2) is 23.4 Å². The molecule has 176 valence electrons. The molecule has 1 spiro atoms. The van der Waals surface area contributed by atoms with Crippen LogP contribution in [0.2, 0.25) is 0 Å². The van der Waals surface area contributed by atoms with Gasteiger partial charge < -0.3 is 15.2 Å². The molecular formula is C27H29N2O5+. The molecule has 34 heavy (non-hydrogen) atoms. The van der Waals surface area contributed by atoms with Gasteiger partial charge in [0.25, 0.3) is 5.91 Å². The Labute approximate surface area is 197 Å². The first-order valence-electron chi connectivity index (χ1n) is 12.4. The molecular weight excluding hydrogens is 432 g/mol. The molecule has 7 heteroatoms. The fourth-order valence-electron chi connectivity index (χ4n) is 7.73. The van der Waals surface area contributed by atoms with Gasteiger partial charge in [0.1, 0.15) is 24.7 Å². The fourth-order valence-corrected chi connectivity index (χ4v) is 7.73. The van der Waals surface area contributed by atoms with Crippen molar-refractivity contribution < 1.29 is 29.3 Å². The van der Waals surface area contributed by atoms with E-state index in [1.165, 1.54) is 0 Å². The van der Waals surface area contributed by atoms with Crippen molar-refractivity contribution in [1.29, 1.82) is 0 Å². The molecule has 3 N–H and O–H groups in total. The van der Waals surface area contributed by atoms with Crippen molar-refractivity contribution in [3.63, 3.8) is 0 Å². The molecule has 2 saturated carbocycles. The van der Waals surface area contributed by atoms with Crippen molar-refractivity contribution in [3.8, 4) is 11.5 Å². The number of aromatic hydroxyl groups is 1. The lowest BCUT2D eigenvalue weighted by molar-refractivity contribution is -1.13. The molecule has 7 rings (SSSR count). The molecule has 2 aliphatic heterocycles. The van der Waals surface area contributed by atoms with Crippen molar-refractivity contribution >= 4 is 11.7 Å². The van der Waals surface area contributed by atoms with E-state index in [9.17, 15) is 19.9 Å². The highest BCUT2D eigenvalue weighted by atomic mass is 16.6. The van der Waals surface area contributed by atoms with Gasteiger partial charge in [0, 0.05) is 36.3 Å². The van der Waals surface area contributed by atoms with Gasteiger partial charge in [-0.25, -0.2) is 5.21 Å². The molecule has 3 fully saturated rings. The molecule has 2 aromatic carbocycles. The van der Waals surface area contributed by atoms with E-state index in [-0.39, 0.29) is 34.5 Å². The minimum Gasteiger partial charge on any atom is -0.504 e. The highest BCUT2D eigenvalue weighted by Crippen LogP contribution is 2.66. The number of hydrogen-bond acceptors (Lipinski definition) is 5. The number of phenolic OH excluding ortho intramolecular Hbond substituents is 1. The molecule has 5 aliphatic rings. The molecule has 2 bridgehead atoms. The van der Waals surface area contributed by atoms with Gasteiger partial charge in [-0.05, 0) is 43.0 Å². The minimum atomic E-state index is -0.855. The number of carbonyl (C=O) groups excluding carboxylic acids is 2. The third kappa shape index (κ3) is 2.44. The maximum Gasteiger partial charge on any atom is 0.251 e. The van der Waals surface area contributed by atoms with Crippen LogP contribution in [0.3, 0.4) is 0 Å². The van der Waals surface area contributed by atoms with Crippen molar-refractivity contribution in [3.05, 3.63) is 59.2 Å². The van der Waals surface area contributed by atoms with Gasteiger partial charge in [-0.2, -0.15) is 4.65 Å². The summed E-state index contributed by atoms with van der Waals surface area (Å²) in [4.78, 5) is 26.9. The zero-order chi connectivity index (χ0) is 23.3. The van der Waals surface area contributed by atoms with Gasteiger partial charge in [-0.1, -0.05) is 24.3 Å². The van der Waals surface area contributed by atoms with E-state index < -0.39 is 17.1 Å². The van der Waals surface area contributed by atoms with E-state index in [1.54, 1.807) is 18.2 Å². The number of phenols is 1. The largest absolute Gasteiger partial charge is 0.504 e. The number of rotatable bonds is 4. The summed E-state index contributed by atoms with van der Waals surface area (Å²) in [5.41, 5.74) is 0.776. The second kappa shape index (κ2) is 6.61. The molecule has 1 saturated heterocycles. The zero-order valence-corrected chi connectivity index (χ0v) is 19.0. The van der Waals surface area contributed by atoms with Gasteiger partial charge in [-0.3, -0.25) is 9.59 Å². The Morgan fingerprint density at radius 1 is 1.15 bits per heavy atom. The Hall–Kier alpha value is -2.90. The summed E-state index contributed by atoms with van der Waals surface area (Å²) in [6, 6.07) is 12.4. The third-order valence-electron chi connectivity index (χ3n) is 9.31. The van der Waals surface area contributed by atoms with Crippen LogP contribution in [0.15, 0.2) is 42.5 Å². The van der Waals surface area contributed by atoms with Crippen molar-refractivity contribution in [1.82, 2.24) is 5.32 Å². The zero-order valence-electron chi connectivity index (χ0n) is 19.0. The van der Waals surface area contributed by atoms with Crippen LogP contribution in [0, 0.1) is 5.92 Å². The normalized spacial score (nSPS) is 37.0. The van der Waals surface area contributed by atoms with E-state index in [4.69, 9.17) is 4.74 Å². The van der Waals surface area contributed by atoms with E-state index in [0.29, 0.717) is 49.6 Å². The van der Waals surface area contributed by atoms with Gasteiger partial charge in [0.2, 0.25) is 0 Å².